The van der Waals surface area contributed by atoms with E-state index in [9.17, 15) is 8.78 Å². The van der Waals surface area contributed by atoms with Crippen LogP contribution in [-0.2, 0) is 6.42 Å². The lowest BCUT2D eigenvalue weighted by atomic mass is 9.74. The Kier molecular flexibility index (Phi) is 7.88. The van der Waals surface area contributed by atoms with E-state index >= 15 is 0 Å². The van der Waals surface area contributed by atoms with Crippen LogP contribution in [0.5, 0.6) is 0 Å². The van der Waals surface area contributed by atoms with Crippen molar-refractivity contribution in [1.82, 2.24) is 0 Å². The van der Waals surface area contributed by atoms with Crippen molar-refractivity contribution >= 4 is 5.57 Å². The second-order valence-corrected chi connectivity index (χ2v) is 8.82. The molecule has 0 aliphatic heterocycles. The molecule has 0 heterocycles. The predicted molar refractivity (Wildman–Crippen MR) is 115 cm³/mol. The van der Waals surface area contributed by atoms with Crippen molar-refractivity contribution in [3.63, 3.8) is 0 Å². The molecule has 154 valence electrons. The maximum absolute atomic E-state index is 14.5. The van der Waals surface area contributed by atoms with E-state index < -0.39 is 0 Å². The molecule has 0 unspecified atom stereocenters. The third-order valence-electron chi connectivity index (χ3n) is 6.79. The standard InChI is InChI=1S/C26H36F2/c1-3-5-6-8-24-25(27)17-23(18-26(24)28)22-15-13-21(14-16-22)20-11-9-19(7-4-2)10-12-20/h13,15,17-20H,3-12,14,16H2,1-2H3. The molecule has 0 bridgehead atoms. The van der Waals surface area contributed by atoms with Gasteiger partial charge < -0.3 is 0 Å². The van der Waals surface area contributed by atoms with Gasteiger partial charge in [-0.2, -0.15) is 0 Å². The van der Waals surface area contributed by atoms with Crippen LogP contribution in [0.3, 0.4) is 0 Å². The Morgan fingerprint density at radius 1 is 0.857 bits per heavy atom. The minimum Gasteiger partial charge on any atom is -0.207 e. The van der Waals surface area contributed by atoms with Gasteiger partial charge in [0.15, 0.2) is 0 Å². The van der Waals surface area contributed by atoms with E-state index in [0.29, 0.717) is 6.42 Å². The summed E-state index contributed by atoms with van der Waals surface area (Å²) in [7, 11) is 0. The zero-order chi connectivity index (χ0) is 19.9. The molecule has 0 atom stereocenters. The van der Waals surface area contributed by atoms with Crippen LogP contribution in [0, 0.1) is 23.5 Å². The maximum Gasteiger partial charge on any atom is 0.129 e. The normalized spacial score (nSPS) is 22.7. The zero-order valence-electron chi connectivity index (χ0n) is 17.7. The molecular formula is C26H36F2. The molecule has 28 heavy (non-hydrogen) atoms. The zero-order valence-corrected chi connectivity index (χ0v) is 17.7. The summed E-state index contributed by atoms with van der Waals surface area (Å²) in [6, 6.07) is 3.09. The SMILES string of the molecule is CCCCCc1c(F)cc(C2=CC=C(C3CCC(CCC)CC3)CC2)cc1F. The van der Waals surface area contributed by atoms with Crippen molar-refractivity contribution in [2.75, 3.05) is 0 Å². The number of hydrogen-bond acceptors (Lipinski definition) is 0. The quantitative estimate of drug-likeness (QED) is 0.393. The largest absolute Gasteiger partial charge is 0.207 e. The molecule has 1 saturated carbocycles. The fraction of sp³-hybridized carbons (Fsp3) is 0.615. The van der Waals surface area contributed by atoms with Gasteiger partial charge in [-0.1, -0.05) is 57.3 Å². The van der Waals surface area contributed by atoms with Crippen molar-refractivity contribution in [1.29, 1.82) is 0 Å². The number of unbranched alkanes of at least 4 members (excludes halogenated alkanes) is 2. The first kappa shape index (κ1) is 21.3. The third kappa shape index (κ3) is 5.33. The molecule has 0 amide bonds. The van der Waals surface area contributed by atoms with Crippen LogP contribution in [0.25, 0.3) is 5.57 Å². The molecule has 0 saturated heterocycles. The molecule has 0 spiro atoms. The fourth-order valence-electron chi connectivity index (χ4n) is 5.04. The monoisotopic (exact) mass is 386 g/mol. The van der Waals surface area contributed by atoms with Gasteiger partial charge in [0.05, 0.1) is 0 Å². The lowest BCUT2D eigenvalue weighted by Crippen LogP contribution is -2.17. The van der Waals surface area contributed by atoms with E-state index in [4.69, 9.17) is 0 Å². The average molecular weight is 387 g/mol. The molecule has 0 nitrogen and oxygen atoms in total. The van der Waals surface area contributed by atoms with E-state index in [2.05, 4.69) is 26.0 Å². The second-order valence-electron chi connectivity index (χ2n) is 8.82. The first-order chi connectivity index (χ1) is 13.6. The fourth-order valence-corrected chi connectivity index (χ4v) is 5.04. The second kappa shape index (κ2) is 10.4. The summed E-state index contributed by atoms with van der Waals surface area (Å²) in [6.07, 6.45) is 17.7. The molecule has 0 aromatic heterocycles. The molecular weight excluding hydrogens is 350 g/mol. The highest BCUT2D eigenvalue weighted by molar-refractivity contribution is 5.69. The summed E-state index contributed by atoms with van der Waals surface area (Å²) in [6.45, 7) is 4.38. The van der Waals surface area contributed by atoms with Crippen LogP contribution in [0.1, 0.15) is 95.6 Å². The van der Waals surface area contributed by atoms with E-state index in [-0.39, 0.29) is 17.2 Å². The molecule has 2 heteroatoms. The number of allylic oxidation sites excluding steroid dienone is 4. The summed E-state index contributed by atoms with van der Waals surface area (Å²) in [5.74, 6) is 0.894. The molecule has 2 aliphatic rings. The van der Waals surface area contributed by atoms with E-state index in [1.165, 1.54) is 38.5 Å². The highest BCUT2D eigenvalue weighted by Gasteiger charge is 2.24. The lowest BCUT2D eigenvalue weighted by Gasteiger charge is -2.31. The van der Waals surface area contributed by atoms with Gasteiger partial charge in [0.25, 0.3) is 0 Å². The summed E-state index contributed by atoms with van der Waals surface area (Å²) in [4.78, 5) is 0. The van der Waals surface area contributed by atoms with Gasteiger partial charge in [0.2, 0.25) is 0 Å². The molecule has 0 N–H and O–H groups in total. The maximum atomic E-state index is 14.5. The Hall–Kier alpha value is -1.44. The lowest BCUT2D eigenvalue weighted by molar-refractivity contribution is 0.283. The van der Waals surface area contributed by atoms with Gasteiger partial charge in [-0.25, -0.2) is 8.78 Å². The van der Waals surface area contributed by atoms with Gasteiger partial charge in [0, 0.05) is 5.56 Å². The van der Waals surface area contributed by atoms with Gasteiger partial charge in [0.1, 0.15) is 11.6 Å². The van der Waals surface area contributed by atoms with Crippen LogP contribution in [-0.4, -0.2) is 0 Å². The average Bonchev–Trinajstić information content (AvgIpc) is 2.71. The van der Waals surface area contributed by atoms with Gasteiger partial charge >= 0.3 is 0 Å². The van der Waals surface area contributed by atoms with Crippen LogP contribution in [0.4, 0.5) is 8.78 Å². The van der Waals surface area contributed by atoms with Crippen molar-refractivity contribution in [3.05, 3.63) is 52.6 Å². The first-order valence-corrected chi connectivity index (χ1v) is 11.5. The Morgan fingerprint density at radius 2 is 1.57 bits per heavy atom. The first-order valence-electron chi connectivity index (χ1n) is 11.5. The molecule has 1 fully saturated rings. The number of hydrogen-bond donors (Lipinski definition) is 0. The number of halogens is 2. The Labute approximate surface area is 170 Å². The minimum atomic E-state index is -0.379. The van der Waals surface area contributed by atoms with Crippen LogP contribution in [0.2, 0.25) is 0 Å². The minimum absolute atomic E-state index is 0.258. The molecule has 1 aromatic rings. The van der Waals surface area contributed by atoms with Crippen molar-refractivity contribution in [2.24, 2.45) is 11.8 Å². The van der Waals surface area contributed by atoms with E-state index in [1.54, 1.807) is 17.7 Å². The van der Waals surface area contributed by atoms with Gasteiger partial charge in [-0.3, -0.25) is 0 Å². The summed E-state index contributed by atoms with van der Waals surface area (Å²) in [5.41, 5.74) is 3.60. The Balaban J connectivity index is 1.65. The summed E-state index contributed by atoms with van der Waals surface area (Å²) < 4.78 is 29.0. The molecule has 3 rings (SSSR count). The van der Waals surface area contributed by atoms with Gasteiger partial charge in [-0.15, -0.1) is 0 Å². The van der Waals surface area contributed by atoms with E-state index in [1.807, 2.05) is 0 Å². The highest BCUT2D eigenvalue weighted by atomic mass is 19.1. The van der Waals surface area contributed by atoms with Gasteiger partial charge in [-0.05, 0) is 86.5 Å². The third-order valence-corrected chi connectivity index (χ3v) is 6.79. The topological polar surface area (TPSA) is 0 Å². The summed E-state index contributed by atoms with van der Waals surface area (Å²) >= 11 is 0. The number of rotatable bonds is 8. The van der Waals surface area contributed by atoms with Crippen LogP contribution >= 0.6 is 0 Å². The Bertz CT molecular complexity index is 682. The van der Waals surface area contributed by atoms with E-state index in [0.717, 1.165) is 55.1 Å². The van der Waals surface area contributed by atoms with Crippen LogP contribution < -0.4 is 0 Å². The molecule has 0 radical (unpaired) electrons. The highest BCUT2D eigenvalue weighted by Crippen LogP contribution is 2.39. The summed E-state index contributed by atoms with van der Waals surface area (Å²) in [5, 5.41) is 0. The van der Waals surface area contributed by atoms with Crippen molar-refractivity contribution in [3.8, 4) is 0 Å². The number of benzene rings is 1. The smallest absolute Gasteiger partial charge is 0.129 e. The predicted octanol–water partition coefficient (Wildman–Crippen LogP) is 8.41. The molecule has 1 aromatic carbocycles. The van der Waals surface area contributed by atoms with Crippen LogP contribution in [0.15, 0.2) is 29.9 Å². The Morgan fingerprint density at radius 3 is 2.14 bits per heavy atom. The van der Waals surface area contributed by atoms with Crippen molar-refractivity contribution in [2.45, 2.75) is 90.9 Å². The van der Waals surface area contributed by atoms with Crippen molar-refractivity contribution < 1.29 is 8.78 Å². The molecule has 2 aliphatic carbocycles.